The molecule has 2 aromatic carbocycles. The van der Waals surface area contributed by atoms with Crippen LogP contribution >= 0.6 is 11.6 Å². The second-order valence-electron chi connectivity index (χ2n) is 4.87. The molecule has 0 atom stereocenters. The summed E-state index contributed by atoms with van der Waals surface area (Å²) in [5.74, 6) is 0.973. The van der Waals surface area contributed by atoms with E-state index in [2.05, 4.69) is 4.72 Å². The van der Waals surface area contributed by atoms with Crippen molar-refractivity contribution in [2.75, 3.05) is 17.9 Å². The molecular formula is C15H14ClNO4S. The molecule has 1 aliphatic rings. The zero-order chi connectivity index (χ0) is 15.7. The normalized spacial score (nSPS) is 13.7. The van der Waals surface area contributed by atoms with E-state index in [0.717, 1.165) is 5.56 Å². The van der Waals surface area contributed by atoms with E-state index in [4.69, 9.17) is 21.1 Å². The summed E-state index contributed by atoms with van der Waals surface area (Å²) in [4.78, 5) is 0.108. The summed E-state index contributed by atoms with van der Waals surface area (Å²) in [7, 11) is -3.73. The lowest BCUT2D eigenvalue weighted by molar-refractivity contribution is 0.171. The maximum atomic E-state index is 12.5. The molecule has 0 aliphatic carbocycles. The molecule has 0 spiro atoms. The third-order valence-electron chi connectivity index (χ3n) is 3.27. The van der Waals surface area contributed by atoms with Gasteiger partial charge in [0.25, 0.3) is 10.0 Å². The van der Waals surface area contributed by atoms with E-state index in [1.807, 2.05) is 0 Å². The van der Waals surface area contributed by atoms with Gasteiger partial charge in [-0.25, -0.2) is 8.42 Å². The minimum absolute atomic E-state index is 0.108. The van der Waals surface area contributed by atoms with Crippen molar-refractivity contribution in [3.8, 4) is 11.5 Å². The van der Waals surface area contributed by atoms with Gasteiger partial charge in [-0.3, -0.25) is 4.72 Å². The van der Waals surface area contributed by atoms with Crippen LogP contribution in [-0.2, 0) is 10.0 Å². The number of rotatable bonds is 3. The maximum Gasteiger partial charge on any atom is 0.262 e. The third kappa shape index (κ3) is 2.98. The molecule has 0 aromatic heterocycles. The van der Waals surface area contributed by atoms with Crippen LogP contribution < -0.4 is 14.2 Å². The molecular weight excluding hydrogens is 326 g/mol. The van der Waals surface area contributed by atoms with Crippen LogP contribution in [0.25, 0.3) is 0 Å². The van der Waals surface area contributed by atoms with Crippen LogP contribution in [0.1, 0.15) is 5.56 Å². The molecule has 1 heterocycles. The molecule has 22 heavy (non-hydrogen) atoms. The molecule has 0 bridgehead atoms. The number of fused-ring (bicyclic) bond motifs is 1. The van der Waals surface area contributed by atoms with Crippen molar-refractivity contribution >= 4 is 27.3 Å². The molecule has 5 nitrogen and oxygen atoms in total. The lowest BCUT2D eigenvalue weighted by Gasteiger charge is -2.19. The first-order chi connectivity index (χ1) is 10.5. The second-order valence-corrected chi connectivity index (χ2v) is 6.99. The van der Waals surface area contributed by atoms with Crippen molar-refractivity contribution in [3.63, 3.8) is 0 Å². The molecule has 7 heteroatoms. The van der Waals surface area contributed by atoms with Crippen LogP contribution in [0.3, 0.4) is 0 Å². The van der Waals surface area contributed by atoms with Crippen molar-refractivity contribution in [3.05, 3.63) is 47.0 Å². The highest BCUT2D eigenvalue weighted by atomic mass is 35.5. The fourth-order valence-corrected chi connectivity index (χ4v) is 3.41. The van der Waals surface area contributed by atoms with Gasteiger partial charge >= 0.3 is 0 Å². The first-order valence-corrected chi connectivity index (χ1v) is 8.50. The monoisotopic (exact) mass is 339 g/mol. The maximum absolute atomic E-state index is 12.5. The van der Waals surface area contributed by atoms with E-state index < -0.39 is 10.0 Å². The zero-order valence-electron chi connectivity index (χ0n) is 11.8. The highest BCUT2D eigenvalue weighted by Crippen LogP contribution is 2.33. The molecule has 0 amide bonds. The summed E-state index contributed by atoms with van der Waals surface area (Å²) in [6.45, 7) is 2.66. The number of sulfonamides is 1. The van der Waals surface area contributed by atoms with Gasteiger partial charge in [-0.15, -0.1) is 0 Å². The van der Waals surface area contributed by atoms with E-state index in [-0.39, 0.29) is 4.90 Å². The van der Waals surface area contributed by atoms with Gasteiger partial charge in [0.2, 0.25) is 0 Å². The molecule has 1 N–H and O–H groups in total. The summed E-state index contributed by atoms with van der Waals surface area (Å²) in [6.07, 6.45) is 0. The molecule has 1 aliphatic heterocycles. The summed E-state index contributed by atoms with van der Waals surface area (Å²) >= 11 is 5.92. The quantitative estimate of drug-likeness (QED) is 0.932. The van der Waals surface area contributed by atoms with Crippen LogP contribution in [0.5, 0.6) is 11.5 Å². The fraction of sp³-hybridized carbons (Fsp3) is 0.200. The first kappa shape index (κ1) is 15.0. The molecule has 0 fully saturated rings. The van der Waals surface area contributed by atoms with Crippen LogP contribution in [0.2, 0.25) is 5.02 Å². The number of anilines is 1. The summed E-state index contributed by atoms with van der Waals surface area (Å²) in [5, 5.41) is 0.463. The Morgan fingerprint density at radius 1 is 1.05 bits per heavy atom. The number of hydrogen-bond acceptors (Lipinski definition) is 4. The third-order valence-corrected chi connectivity index (χ3v) is 4.87. The van der Waals surface area contributed by atoms with Gasteiger partial charge in [0, 0.05) is 11.1 Å². The van der Waals surface area contributed by atoms with Crippen LogP contribution in [-0.4, -0.2) is 21.6 Å². The predicted octanol–water partition coefficient (Wildman–Crippen LogP) is 3.22. The van der Waals surface area contributed by atoms with Crippen molar-refractivity contribution in [1.29, 1.82) is 0 Å². The number of halogens is 1. The van der Waals surface area contributed by atoms with E-state index in [9.17, 15) is 8.42 Å². The van der Waals surface area contributed by atoms with Gasteiger partial charge in [0.05, 0.1) is 10.6 Å². The zero-order valence-corrected chi connectivity index (χ0v) is 13.4. The molecule has 0 unspecified atom stereocenters. The van der Waals surface area contributed by atoms with Crippen molar-refractivity contribution in [1.82, 2.24) is 0 Å². The Bertz CT molecular complexity index is 820. The molecule has 116 valence electrons. The topological polar surface area (TPSA) is 64.6 Å². The Hall–Kier alpha value is -1.92. The van der Waals surface area contributed by atoms with Gasteiger partial charge in [-0.1, -0.05) is 17.7 Å². The largest absolute Gasteiger partial charge is 0.486 e. The SMILES string of the molecule is Cc1ccc(Cl)cc1NS(=O)(=O)c1ccc2c(c1)OCCO2. The highest BCUT2D eigenvalue weighted by molar-refractivity contribution is 7.92. The molecule has 0 saturated carbocycles. The Balaban J connectivity index is 1.94. The second kappa shape index (κ2) is 5.70. The summed E-state index contributed by atoms with van der Waals surface area (Å²) in [5.41, 5.74) is 1.23. The number of hydrogen-bond donors (Lipinski definition) is 1. The van der Waals surface area contributed by atoms with E-state index in [1.165, 1.54) is 12.1 Å². The highest BCUT2D eigenvalue weighted by Gasteiger charge is 2.20. The van der Waals surface area contributed by atoms with E-state index in [1.54, 1.807) is 31.2 Å². The standard InChI is InChI=1S/C15H14ClNO4S/c1-10-2-3-11(16)8-13(10)17-22(18,19)12-4-5-14-15(9-12)21-7-6-20-14/h2-5,8-9,17H,6-7H2,1H3. The lowest BCUT2D eigenvalue weighted by atomic mass is 10.2. The smallest absolute Gasteiger partial charge is 0.262 e. The van der Waals surface area contributed by atoms with Crippen LogP contribution in [0.4, 0.5) is 5.69 Å². The Kier molecular flexibility index (Phi) is 3.88. The van der Waals surface area contributed by atoms with Gasteiger partial charge in [0.1, 0.15) is 13.2 Å². The number of nitrogens with one attached hydrogen (secondary N) is 1. The fourth-order valence-electron chi connectivity index (χ4n) is 2.10. The predicted molar refractivity (Wildman–Crippen MR) is 84.4 cm³/mol. The minimum atomic E-state index is -3.73. The Morgan fingerprint density at radius 2 is 1.77 bits per heavy atom. The average Bonchev–Trinajstić information content (AvgIpc) is 2.50. The lowest BCUT2D eigenvalue weighted by Crippen LogP contribution is -2.17. The van der Waals surface area contributed by atoms with E-state index in [0.29, 0.717) is 35.4 Å². The van der Waals surface area contributed by atoms with Crippen molar-refractivity contribution in [2.45, 2.75) is 11.8 Å². The number of aryl methyl sites for hydroxylation is 1. The molecule has 0 radical (unpaired) electrons. The van der Waals surface area contributed by atoms with Crippen LogP contribution in [0.15, 0.2) is 41.3 Å². The average molecular weight is 340 g/mol. The van der Waals surface area contributed by atoms with Crippen molar-refractivity contribution < 1.29 is 17.9 Å². The van der Waals surface area contributed by atoms with Crippen molar-refractivity contribution in [2.24, 2.45) is 0 Å². The Morgan fingerprint density at radius 3 is 2.55 bits per heavy atom. The van der Waals surface area contributed by atoms with Gasteiger partial charge < -0.3 is 9.47 Å². The molecule has 3 rings (SSSR count). The van der Waals surface area contributed by atoms with Gasteiger partial charge in [-0.2, -0.15) is 0 Å². The van der Waals surface area contributed by atoms with Gasteiger partial charge in [-0.05, 0) is 36.8 Å². The summed E-state index contributed by atoms with van der Waals surface area (Å²) in [6, 6.07) is 9.57. The first-order valence-electron chi connectivity index (χ1n) is 6.64. The number of ether oxygens (including phenoxy) is 2. The number of benzene rings is 2. The van der Waals surface area contributed by atoms with Crippen LogP contribution in [0, 0.1) is 6.92 Å². The van der Waals surface area contributed by atoms with E-state index >= 15 is 0 Å². The van der Waals surface area contributed by atoms with Gasteiger partial charge in [0.15, 0.2) is 11.5 Å². The molecule has 2 aromatic rings. The summed E-state index contributed by atoms with van der Waals surface area (Å²) < 4.78 is 38.3. The minimum Gasteiger partial charge on any atom is -0.486 e. The Labute approximate surface area is 133 Å². The molecule has 0 saturated heterocycles.